The molecule has 2 aromatic heterocycles. The van der Waals surface area contributed by atoms with Crippen LogP contribution in [0.25, 0.3) is 0 Å². The van der Waals surface area contributed by atoms with E-state index in [1.54, 1.807) is 29.8 Å². The van der Waals surface area contributed by atoms with Crippen molar-refractivity contribution in [2.24, 2.45) is 5.92 Å². The van der Waals surface area contributed by atoms with Crippen molar-refractivity contribution in [1.82, 2.24) is 19.2 Å². The molecule has 2 fully saturated rings. The third-order valence-corrected chi connectivity index (χ3v) is 10.1. The number of piperazine rings is 1. The number of nitrogens with one attached hydrogen (secondary N) is 1. The fourth-order valence-corrected chi connectivity index (χ4v) is 7.36. The number of sulfonamides is 1. The largest absolute Gasteiger partial charge is 0.328 e. The number of aromatic nitrogens is 2. The summed E-state index contributed by atoms with van der Waals surface area (Å²) in [7, 11) is -4.06. The molecule has 3 heterocycles. The highest BCUT2D eigenvalue weighted by Crippen LogP contribution is 2.30. The molecule has 5 rings (SSSR count). The van der Waals surface area contributed by atoms with E-state index in [0.29, 0.717) is 23.0 Å². The van der Waals surface area contributed by atoms with Crippen molar-refractivity contribution < 1.29 is 22.8 Å². The van der Waals surface area contributed by atoms with Crippen LogP contribution in [0, 0.1) is 5.92 Å². The quantitative estimate of drug-likeness (QED) is 0.382. The summed E-state index contributed by atoms with van der Waals surface area (Å²) < 4.78 is 28.2. The highest BCUT2D eigenvalue weighted by Gasteiger charge is 2.39. The molecule has 0 bridgehead atoms. The lowest BCUT2D eigenvalue weighted by Gasteiger charge is -2.39. The lowest BCUT2D eigenvalue weighted by atomic mass is 9.84. The number of carbonyl (C=O) groups excluding carboxylic acids is 3. The van der Waals surface area contributed by atoms with Crippen LogP contribution in [0.2, 0.25) is 0 Å². The minimum Gasteiger partial charge on any atom is -0.328 e. The van der Waals surface area contributed by atoms with E-state index >= 15 is 0 Å². The van der Waals surface area contributed by atoms with Gasteiger partial charge in [-0.05, 0) is 36.6 Å². The predicted octanol–water partition coefficient (Wildman–Crippen LogP) is 3.58. The third kappa shape index (κ3) is 6.29. The zero-order valence-electron chi connectivity index (χ0n) is 21.9. The average molecular weight is 582 g/mol. The molecule has 40 heavy (non-hydrogen) atoms. The summed E-state index contributed by atoms with van der Waals surface area (Å²) in [5.74, 6) is -0.713. The molecule has 1 atom stereocenters. The van der Waals surface area contributed by atoms with Crippen molar-refractivity contribution >= 4 is 44.1 Å². The highest BCUT2D eigenvalue weighted by molar-refractivity contribution is 7.89. The number of hydrogen-bond donors (Lipinski definition) is 1. The number of amides is 2. The van der Waals surface area contributed by atoms with E-state index in [-0.39, 0.29) is 41.8 Å². The maximum atomic E-state index is 13.5. The van der Waals surface area contributed by atoms with Gasteiger partial charge in [0.1, 0.15) is 6.04 Å². The second-order valence-corrected chi connectivity index (χ2v) is 12.9. The van der Waals surface area contributed by atoms with Crippen LogP contribution in [0.3, 0.4) is 0 Å². The maximum absolute atomic E-state index is 13.5. The first-order valence-electron chi connectivity index (χ1n) is 13.4. The van der Waals surface area contributed by atoms with Crippen LogP contribution in [0.1, 0.15) is 54.4 Å². The Morgan fingerprint density at radius 2 is 1.80 bits per heavy atom. The molecule has 1 unspecified atom stereocenters. The Bertz CT molecular complexity index is 1460. The molecule has 3 aromatic rings. The molecule has 1 N–H and O–H groups in total. The van der Waals surface area contributed by atoms with Crippen molar-refractivity contribution in [3.8, 4) is 0 Å². The molecule has 0 radical (unpaired) electrons. The number of pyridine rings is 1. The number of hydrogen-bond acceptors (Lipinski definition) is 8. The van der Waals surface area contributed by atoms with Gasteiger partial charge in [0.25, 0.3) is 0 Å². The van der Waals surface area contributed by atoms with Crippen LogP contribution in [-0.4, -0.2) is 70.9 Å². The second kappa shape index (κ2) is 12.4. The molecule has 12 heteroatoms. The molecular formula is C28H31N5O5S2. The topological polar surface area (TPSA) is 130 Å². The standard InChI is InChI=1S/C28H31N5O5S2/c34-25-19-32(40(37,38)23-8-4-7-22(18-23)26(35)21-9-11-29-12-10-21)14-15-33(25)24(17-20-5-2-1-3-6-20)27(36)31-28-30-13-16-39-28/h4,7-13,16,18,20,24H,1-3,5-6,14-15,17,19H2,(H,30,31,36). The normalized spacial score (nSPS) is 17.9. The fraction of sp³-hybridized carbons (Fsp3) is 0.393. The Labute approximate surface area is 237 Å². The Hall–Kier alpha value is -3.48. The monoisotopic (exact) mass is 581 g/mol. The smallest absolute Gasteiger partial charge is 0.248 e. The van der Waals surface area contributed by atoms with Crippen LogP contribution in [-0.2, 0) is 19.6 Å². The van der Waals surface area contributed by atoms with Gasteiger partial charge in [-0.1, -0.05) is 44.2 Å². The van der Waals surface area contributed by atoms with E-state index in [4.69, 9.17) is 0 Å². The van der Waals surface area contributed by atoms with Crippen LogP contribution >= 0.6 is 11.3 Å². The maximum Gasteiger partial charge on any atom is 0.248 e. The van der Waals surface area contributed by atoms with Gasteiger partial charge in [-0.25, -0.2) is 13.4 Å². The van der Waals surface area contributed by atoms with Crippen LogP contribution in [0.5, 0.6) is 0 Å². The number of nitrogens with zero attached hydrogens (tertiary/aromatic N) is 4. The molecule has 0 spiro atoms. The summed E-state index contributed by atoms with van der Waals surface area (Å²) in [5, 5.41) is 5.06. The minimum atomic E-state index is -4.06. The number of benzene rings is 1. The van der Waals surface area contributed by atoms with E-state index < -0.39 is 22.0 Å². The summed E-state index contributed by atoms with van der Waals surface area (Å²) in [6, 6.07) is 8.26. The summed E-state index contributed by atoms with van der Waals surface area (Å²) in [4.78, 5) is 49.1. The molecule has 1 aromatic carbocycles. The van der Waals surface area contributed by atoms with Crippen molar-refractivity contribution in [3.63, 3.8) is 0 Å². The summed E-state index contributed by atoms with van der Waals surface area (Å²) >= 11 is 1.30. The van der Waals surface area contributed by atoms with Crippen molar-refractivity contribution in [2.75, 3.05) is 25.0 Å². The van der Waals surface area contributed by atoms with Gasteiger partial charge in [0.15, 0.2) is 10.9 Å². The Morgan fingerprint density at radius 1 is 1.02 bits per heavy atom. The first kappa shape index (κ1) is 28.1. The number of rotatable bonds is 9. The molecule has 1 saturated heterocycles. The molecule has 1 aliphatic carbocycles. The third-order valence-electron chi connectivity index (χ3n) is 7.52. The number of carbonyl (C=O) groups is 3. The first-order valence-corrected chi connectivity index (χ1v) is 15.7. The lowest BCUT2D eigenvalue weighted by molar-refractivity contribution is -0.142. The Balaban J connectivity index is 1.32. The summed E-state index contributed by atoms with van der Waals surface area (Å²) in [5.41, 5.74) is 0.622. The SMILES string of the molecule is O=C(c1ccncc1)c1cccc(S(=O)(=O)N2CCN(C(CC3CCCCC3)C(=O)Nc3nccs3)C(=O)C2)c1. The predicted molar refractivity (Wildman–Crippen MR) is 150 cm³/mol. The van der Waals surface area contributed by atoms with Gasteiger partial charge in [-0.2, -0.15) is 4.31 Å². The highest BCUT2D eigenvalue weighted by atomic mass is 32.2. The van der Waals surface area contributed by atoms with Gasteiger partial charge >= 0.3 is 0 Å². The summed E-state index contributed by atoms with van der Waals surface area (Å²) in [6.07, 6.45) is 10.5. The number of ketones is 1. The van der Waals surface area contributed by atoms with Crippen molar-refractivity contribution in [1.29, 1.82) is 0 Å². The molecule has 2 aliphatic rings. The Morgan fingerprint density at radius 3 is 2.50 bits per heavy atom. The van der Waals surface area contributed by atoms with Crippen LogP contribution in [0.4, 0.5) is 5.13 Å². The zero-order chi connectivity index (χ0) is 28.1. The van der Waals surface area contributed by atoms with Crippen molar-refractivity contribution in [2.45, 2.75) is 49.5 Å². The van der Waals surface area contributed by atoms with E-state index in [0.717, 1.165) is 30.0 Å². The van der Waals surface area contributed by atoms with Crippen LogP contribution < -0.4 is 5.32 Å². The molecular weight excluding hydrogens is 550 g/mol. The lowest BCUT2D eigenvalue weighted by Crippen LogP contribution is -2.58. The van der Waals surface area contributed by atoms with Gasteiger partial charge in [-0.3, -0.25) is 19.4 Å². The minimum absolute atomic E-state index is 0.0439. The van der Waals surface area contributed by atoms with Crippen LogP contribution in [0.15, 0.2) is 65.3 Å². The average Bonchev–Trinajstić information content (AvgIpc) is 3.50. The van der Waals surface area contributed by atoms with E-state index in [9.17, 15) is 22.8 Å². The van der Waals surface area contributed by atoms with Crippen molar-refractivity contribution in [3.05, 3.63) is 71.5 Å². The fourth-order valence-electron chi connectivity index (χ4n) is 5.40. The van der Waals surface area contributed by atoms with E-state index in [2.05, 4.69) is 15.3 Å². The molecule has 2 amide bonds. The van der Waals surface area contributed by atoms with Gasteiger partial charge in [-0.15, -0.1) is 11.3 Å². The zero-order valence-corrected chi connectivity index (χ0v) is 23.6. The molecule has 210 valence electrons. The molecule has 1 saturated carbocycles. The number of thiazole rings is 1. The molecule has 1 aliphatic heterocycles. The van der Waals surface area contributed by atoms with E-state index in [1.165, 1.54) is 53.3 Å². The van der Waals surface area contributed by atoms with E-state index in [1.807, 2.05) is 0 Å². The number of anilines is 1. The van der Waals surface area contributed by atoms with Gasteiger partial charge < -0.3 is 10.2 Å². The van der Waals surface area contributed by atoms with Gasteiger partial charge in [0.05, 0.1) is 11.4 Å². The first-order chi connectivity index (χ1) is 19.3. The second-order valence-electron chi connectivity index (χ2n) is 10.1. The van der Waals surface area contributed by atoms with Gasteiger partial charge in [0.2, 0.25) is 21.8 Å². The molecule has 10 nitrogen and oxygen atoms in total. The Kier molecular flexibility index (Phi) is 8.67. The van der Waals surface area contributed by atoms with Gasteiger partial charge in [0, 0.05) is 48.2 Å². The summed E-state index contributed by atoms with van der Waals surface area (Å²) in [6.45, 7) is -0.241.